The number of amides is 1. The molecule has 0 aromatic heterocycles. The van der Waals surface area contributed by atoms with Crippen molar-refractivity contribution in [3.8, 4) is 5.75 Å². The number of sulfonamides is 1. The molecule has 0 heterocycles. The molecule has 0 saturated carbocycles. The number of nitrogens with one attached hydrogen (secondary N) is 2. The van der Waals surface area contributed by atoms with Gasteiger partial charge in [-0.25, -0.2) is 8.42 Å². The van der Waals surface area contributed by atoms with Gasteiger partial charge < -0.3 is 10.1 Å². The largest absolute Gasteiger partial charge is 0.497 e. The van der Waals surface area contributed by atoms with Crippen molar-refractivity contribution in [2.24, 2.45) is 0 Å². The Balaban J connectivity index is 1.80. The van der Waals surface area contributed by atoms with Crippen LogP contribution < -0.4 is 14.8 Å². The molecule has 3 rings (SSSR count). The number of carbonyl (C=O) groups is 1. The van der Waals surface area contributed by atoms with Gasteiger partial charge in [-0.2, -0.15) is 0 Å². The average molecular weight is 459 g/mol. The molecule has 3 aromatic carbocycles. The normalized spacial score (nSPS) is 12.1. The highest BCUT2D eigenvalue weighted by atomic mass is 35.5. The number of benzene rings is 3. The van der Waals surface area contributed by atoms with Crippen LogP contribution in [0.15, 0.2) is 77.7 Å². The maximum atomic E-state index is 12.9. The van der Waals surface area contributed by atoms with Crippen LogP contribution in [-0.4, -0.2) is 21.4 Å². The third-order valence-corrected chi connectivity index (χ3v) is 6.48. The molecule has 0 fully saturated rings. The van der Waals surface area contributed by atoms with Crippen molar-refractivity contribution in [1.29, 1.82) is 0 Å². The lowest BCUT2D eigenvalue weighted by atomic mass is 10.0. The zero-order chi connectivity index (χ0) is 22.4. The number of anilines is 1. The van der Waals surface area contributed by atoms with E-state index < -0.39 is 15.9 Å². The monoisotopic (exact) mass is 458 g/mol. The number of ether oxygens (including phenoxy) is 1. The Morgan fingerprint density at radius 2 is 1.71 bits per heavy atom. The van der Waals surface area contributed by atoms with Crippen LogP contribution in [0, 0.1) is 0 Å². The van der Waals surface area contributed by atoms with Crippen LogP contribution in [0.2, 0.25) is 5.02 Å². The van der Waals surface area contributed by atoms with Crippen LogP contribution >= 0.6 is 11.6 Å². The van der Waals surface area contributed by atoms with Crippen molar-refractivity contribution in [1.82, 2.24) is 5.32 Å². The van der Waals surface area contributed by atoms with E-state index in [2.05, 4.69) is 10.0 Å². The second-order valence-electron chi connectivity index (χ2n) is 6.82. The van der Waals surface area contributed by atoms with Crippen LogP contribution in [0.4, 0.5) is 5.69 Å². The van der Waals surface area contributed by atoms with Gasteiger partial charge in [0, 0.05) is 5.69 Å². The van der Waals surface area contributed by atoms with E-state index in [1.54, 1.807) is 25.3 Å². The standard InChI is InChI=1S/C23H23ClN2O4S/c1-3-22(16-9-12-18(30-2)13-10-16)25-23(27)20-15-17(11-14-21(20)24)26-31(28,29)19-7-5-4-6-8-19/h4-15,22,26H,3H2,1-2H3,(H,25,27)/t22-/m0/s1. The summed E-state index contributed by atoms with van der Waals surface area (Å²) in [6, 6.07) is 19.6. The molecule has 0 aliphatic heterocycles. The third-order valence-electron chi connectivity index (χ3n) is 4.75. The average Bonchev–Trinajstić information content (AvgIpc) is 2.79. The van der Waals surface area contributed by atoms with E-state index in [1.165, 1.54) is 30.3 Å². The summed E-state index contributed by atoms with van der Waals surface area (Å²) < 4.78 is 32.8. The lowest BCUT2D eigenvalue weighted by Crippen LogP contribution is -2.28. The van der Waals surface area contributed by atoms with E-state index in [1.807, 2.05) is 31.2 Å². The minimum absolute atomic E-state index is 0.126. The molecule has 2 N–H and O–H groups in total. The van der Waals surface area contributed by atoms with Crippen molar-refractivity contribution in [2.45, 2.75) is 24.3 Å². The number of methoxy groups -OCH3 is 1. The van der Waals surface area contributed by atoms with Crippen molar-refractivity contribution in [3.63, 3.8) is 0 Å². The minimum Gasteiger partial charge on any atom is -0.497 e. The Morgan fingerprint density at radius 3 is 2.32 bits per heavy atom. The van der Waals surface area contributed by atoms with Gasteiger partial charge >= 0.3 is 0 Å². The summed E-state index contributed by atoms with van der Waals surface area (Å²) in [4.78, 5) is 13.0. The van der Waals surface area contributed by atoms with Crippen LogP contribution in [-0.2, 0) is 10.0 Å². The summed E-state index contributed by atoms with van der Waals surface area (Å²) in [7, 11) is -2.19. The Labute approximate surface area is 187 Å². The maximum absolute atomic E-state index is 12.9. The first-order chi connectivity index (χ1) is 14.8. The molecule has 162 valence electrons. The summed E-state index contributed by atoms with van der Waals surface area (Å²) >= 11 is 6.24. The van der Waals surface area contributed by atoms with Crippen LogP contribution in [0.3, 0.4) is 0 Å². The maximum Gasteiger partial charge on any atom is 0.261 e. The van der Waals surface area contributed by atoms with E-state index in [4.69, 9.17) is 16.3 Å². The topological polar surface area (TPSA) is 84.5 Å². The number of carbonyl (C=O) groups excluding carboxylic acids is 1. The molecule has 0 saturated heterocycles. The second-order valence-corrected chi connectivity index (χ2v) is 8.91. The van der Waals surface area contributed by atoms with E-state index in [-0.39, 0.29) is 27.2 Å². The van der Waals surface area contributed by atoms with Crippen molar-refractivity contribution < 1.29 is 17.9 Å². The van der Waals surface area contributed by atoms with E-state index in [0.717, 1.165) is 11.3 Å². The molecule has 0 spiro atoms. The molecule has 0 radical (unpaired) electrons. The van der Waals surface area contributed by atoms with E-state index in [0.29, 0.717) is 6.42 Å². The smallest absolute Gasteiger partial charge is 0.261 e. The van der Waals surface area contributed by atoms with Gasteiger partial charge in [0.05, 0.1) is 28.6 Å². The highest BCUT2D eigenvalue weighted by Crippen LogP contribution is 2.25. The molecular weight excluding hydrogens is 436 g/mol. The Kier molecular flexibility index (Phi) is 7.20. The summed E-state index contributed by atoms with van der Waals surface area (Å²) in [5.41, 5.74) is 1.35. The van der Waals surface area contributed by atoms with Crippen LogP contribution in [0.25, 0.3) is 0 Å². The molecule has 1 atom stereocenters. The zero-order valence-corrected chi connectivity index (χ0v) is 18.7. The number of halogens is 1. The fourth-order valence-corrected chi connectivity index (χ4v) is 4.34. The highest BCUT2D eigenvalue weighted by Gasteiger charge is 2.19. The van der Waals surface area contributed by atoms with Gasteiger partial charge in [0.25, 0.3) is 15.9 Å². The van der Waals surface area contributed by atoms with E-state index >= 15 is 0 Å². The first-order valence-corrected chi connectivity index (χ1v) is 11.5. The van der Waals surface area contributed by atoms with Gasteiger partial charge in [-0.3, -0.25) is 9.52 Å². The Hall–Kier alpha value is -3.03. The van der Waals surface area contributed by atoms with E-state index in [9.17, 15) is 13.2 Å². The quantitative estimate of drug-likeness (QED) is 0.495. The second kappa shape index (κ2) is 9.85. The molecule has 8 heteroatoms. The Bertz CT molecular complexity index is 1150. The predicted octanol–water partition coefficient (Wildman–Crippen LogP) is 5.03. The van der Waals surface area contributed by atoms with Crippen molar-refractivity contribution >= 4 is 33.2 Å². The van der Waals surface area contributed by atoms with Crippen LogP contribution in [0.5, 0.6) is 5.75 Å². The first-order valence-electron chi connectivity index (χ1n) is 9.66. The number of hydrogen-bond acceptors (Lipinski definition) is 4. The van der Waals surface area contributed by atoms with Gasteiger partial charge in [-0.15, -0.1) is 0 Å². The van der Waals surface area contributed by atoms with Gasteiger partial charge in [0.2, 0.25) is 0 Å². The molecular formula is C23H23ClN2O4S. The summed E-state index contributed by atoms with van der Waals surface area (Å²) in [6.07, 6.45) is 0.663. The molecule has 3 aromatic rings. The number of hydrogen-bond donors (Lipinski definition) is 2. The molecule has 31 heavy (non-hydrogen) atoms. The fraction of sp³-hybridized carbons (Fsp3) is 0.174. The summed E-state index contributed by atoms with van der Waals surface area (Å²) in [5.74, 6) is 0.333. The summed E-state index contributed by atoms with van der Waals surface area (Å²) in [5, 5.41) is 3.18. The van der Waals surface area contributed by atoms with Crippen LogP contribution in [0.1, 0.15) is 35.3 Å². The minimum atomic E-state index is -3.78. The molecule has 6 nitrogen and oxygen atoms in total. The fourth-order valence-electron chi connectivity index (χ4n) is 3.07. The molecule has 0 aliphatic rings. The van der Waals surface area contributed by atoms with Gasteiger partial charge in [0.1, 0.15) is 5.75 Å². The molecule has 1 amide bonds. The van der Waals surface area contributed by atoms with Gasteiger partial charge in [-0.05, 0) is 54.4 Å². The predicted molar refractivity (Wildman–Crippen MR) is 122 cm³/mol. The molecule has 0 bridgehead atoms. The molecule has 0 aliphatic carbocycles. The molecule has 0 unspecified atom stereocenters. The first kappa shape index (κ1) is 22.7. The lowest BCUT2D eigenvalue weighted by Gasteiger charge is -2.19. The third kappa shape index (κ3) is 5.57. The lowest BCUT2D eigenvalue weighted by molar-refractivity contribution is 0.0935. The highest BCUT2D eigenvalue weighted by molar-refractivity contribution is 7.92. The van der Waals surface area contributed by atoms with Crippen molar-refractivity contribution in [2.75, 3.05) is 11.8 Å². The zero-order valence-electron chi connectivity index (χ0n) is 17.1. The summed E-state index contributed by atoms with van der Waals surface area (Å²) in [6.45, 7) is 1.96. The van der Waals surface area contributed by atoms with Crippen molar-refractivity contribution in [3.05, 3.63) is 88.9 Å². The SMILES string of the molecule is CC[C@H](NC(=O)c1cc(NS(=O)(=O)c2ccccc2)ccc1Cl)c1ccc(OC)cc1. The van der Waals surface area contributed by atoms with Gasteiger partial charge in [0.15, 0.2) is 0 Å². The number of rotatable bonds is 8. The van der Waals surface area contributed by atoms with Gasteiger partial charge in [-0.1, -0.05) is 48.9 Å². The Morgan fingerprint density at radius 1 is 1.03 bits per heavy atom.